The second-order valence-electron chi connectivity index (χ2n) is 5.74. The van der Waals surface area contributed by atoms with Crippen LogP contribution in [0.3, 0.4) is 0 Å². The molecule has 0 spiro atoms. The van der Waals surface area contributed by atoms with Gasteiger partial charge in [-0.25, -0.2) is 4.79 Å². The quantitative estimate of drug-likeness (QED) is 0.426. The highest BCUT2D eigenvalue weighted by Gasteiger charge is 2.39. The molecule has 0 N–H and O–H groups in total. The van der Waals surface area contributed by atoms with E-state index in [4.69, 9.17) is 39.5 Å². The number of anilines is 1. The Balaban J connectivity index is 1.94. The summed E-state index contributed by atoms with van der Waals surface area (Å²) < 4.78 is 4.38. The molecule has 2 aliphatic heterocycles. The van der Waals surface area contributed by atoms with Crippen molar-refractivity contribution in [2.75, 3.05) is 24.6 Å². The lowest BCUT2D eigenvalue weighted by Gasteiger charge is -2.26. The Kier molecular flexibility index (Phi) is 5.39. The second-order valence-corrected chi connectivity index (χ2v) is 9.50. The summed E-state index contributed by atoms with van der Waals surface area (Å²) in [5.74, 6) is -0.0531. The zero-order valence-electron chi connectivity index (χ0n) is 12.5. The van der Waals surface area contributed by atoms with Gasteiger partial charge in [0.05, 0.1) is 17.3 Å². The van der Waals surface area contributed by atoms with Gasteiger partial charge in [0.15, 0.2) is 0 Å². The van der Waals surface area contributed by atoms with Gasteiger partial charge in [-0.15, -0.1) is 0 Å². The van der Waals surface area contributed by atoms with Crippen LogP contribution in [0.25, 0.3) is 0 Å². The third-order valence-corrected chi connectivity index (χ3v) is 5.09. The molecule has 24 heavy (non-hydrogen) atoms. The lowest BCUT2D eigenvalue weighted by Crippen LogP contribution is -2.42. The fourth-order valence-corrected chi connectivity index (χ4v) is 3.72. The predicted molar refractivity (Wildman–Crippen MR) is 102 cm³/mol. The Morgan fingerprint density at radius 1 is 1.38 bits per heavy atom. The van der Waals surface area contributed by atoms with Gasteiger partial charge in [-0.1, -0.05) is 34.8 Å². The Hall–Kier alpha value is -0.440. The molecular weight excluding hydrogens is 489 g/mol. The first-order chi connectivity index (χ1) is 11.3. The van der Waals surface area contributed by atoms with E-state index in [1.165, 1.54) is 4.90 Å². The minimum Gasteiger partial charge on any atom is -0.445 e. The Morgan fingerprint density at radius 2 is 2.12 bits per heavy atom. The number of rotatable bonds is 1. The van der Waals surface area contributed by atoms with Crippen LogP contribution in [0, 0.1) is 3.57 Å². The monoisotopic (exact) mass is 502 g/mol. The predicted octanol–water partition coefficient (Wildman–Crippen LogP) is 4.22. The van der Waals surface area contributed by atoms with E-state index in [9.17, 15) is 9.59 Å². The molecule has 1 fully saturated rings. The third kappa shape index (κ3) is 3.86. The van der Waals surface area contributed by atoms with Crippen LogP contribution < -0.4 is 4.90 Å². The van der Waals surface area contributed by atoms with E-state index in [0.717, 1.165) is 16.4 Å². The first-order valence-corrected chi connectivity index (χ1v) is 9.59. The van der Waals surface area contributed by atoms with E-state index >= 15 is 0 Å². The molecule has 0 bridgehead atoms. The van der Waals surface area contributed by atoms with E-state index < -0.39 is 9.89 Å². The normalized spacial score (nSPS) is 20.5. The lowest BCUT2D eigenvalue weighted by atomic mass is 10.1. The average Bonchev–Trinajstić information content (AvgIpc) is 2.93. The van der Waals surface area contributed by atoms with E-state index in [1.807, 2.05) is 11.0 Å². The van der Waals surface area contributed by atoms with Crippen LogP contribution in [0.1, 0.15) is 23.2 Å². The smallest absolute Gasteiger partial charge is 0.414 e. The number of fused-ring (bicyclic) bond motifs is 2. The maximum absolute atomic E-state index is 12.8. The molecule has 5 nitrogen and oxygen atoms in total. The average molecular weight is 504 g/mol. The first kappa shape index (κ1) is 18.4. The number of ether oxygens (including phenoxy) is 1. The van der Waals surface area contributed by atoms with Crippen LogP contribution in [0.4, 0.5) is 10.5 Å². The molecule has 3 rings (SSSR count). The summed E-state index contributed by atoms with van der Waals surface area (Å²) in [6, 6.07) is 5.36. The summed E-state index contributed by atoms with van der Waals surface area (Å²) >= 11 is 19.1. The van der Waals surface area contributed by atoms with Gasteiger partial charge >= 0.3 is 6.09 Å². The minimum atomic E-state index is -1.67. The molecule has 2 heterocycles. The standard InChI is InChI=1S/C15H14Cl3IN2O3/c16-15(17,18)8-24-14(23)21-7-10-2-1-5-20(10)13(22)11-6-9(19)3-4-12(11)21/h3-4,6,10H,1-2,5,7-8H2. The summed E-state index contributed by atoms with van der Waals surface area (Å²) in [6.07, 6.45) is 1.16. The van der Waals surface area contributed by atoms with E-state index in [1.54, 1.807) is 12.1 Å². The number of alkyl halides is 3. The van der Waals surface area contributed by atoms with Gasteiger partial charge in [0, 0.05) is 16.7 Å². The number of amides is 2. The number of benzene rings is 1. The number of hydrogen-bond donors (Lipinski definition) is 0. The Morgan fingerprint density at radius 3 is 2.83 bits per heavy atom. The van der Waals surface area contributed by atoms with Gasteiger partial charge < -0.3 is 9.64 Å². The highest BCUT2D eigenvalue weighted by Crippen LogP contribution is 2.33. The van der Waals surface area contributed by atoms with Crippen molar-refractivity contribution in [2.24, 2.45) is 0 Å². The summed E-state index contributed by atoms with van der Waals surface area (Å²) in [5.41, 5.74) is 1.03. The molecule has 2 amide bonds. The van der Waals surface area contributed by atoms with E-state index in [0.29, 0.717) is 24.3 Å². The SMILES string of the molecule is O=C(OCC(Cl)(Cl)Cl)N1CC2CCCN2C(=O)c2cc(I)ccc21. The molecule has 1 aromatic rings. The van der Waals surface area contributed by atoms with Crippen LogP contribution in [-0.4, -0.2) is 46.4 Å². The number of carbonyl (C=O) groups is 2. The topological polar surface area (TPSA) is 49.9 Å². The molecular formula is C15H14Cl3IN2O3. The molecule has 0 saturated carbocycles. The molecule has 1 saturated heterocycles. The van der Waals surface area contributed by atoms with Gasteiger partial charge in [-0.2, -0.15) is 0 Å². The van der Waals surface area contributed by atoms with Crippen molar-refractivity contribution >= 4 is 75.1 Å². The Bertz CT molecular complexity index is 680. The van der Waals surface area contributed by atoms with Crippen LogP contribution in [-0.2, 0) is 4.74 Å². The number of carbonyl (C=O) groups excluding carboxylic acids is 2. The second kappa shape index (κ2) is 7.05. The van der Waals surface area contributed by atoms with Gasteiger partial charge in [-0.05, 0) is 53.6 Å². The molecule has 130 valence electrons. The molecule has 0 radical (unpaired) electrons. The van der Waals surface area contributed by atoms with Crippen molar-refractivity contribution in [1.82, 2.24) is 4.90 Å². The fraction of sp³-hybridized carbons (Fsp3) is 0.467. The summed E-state index contributed by atoms with van der Waals surface area (Å²) in [6.45, 7) is 0.721. The van der Waals surface area contributed by atoms with Crippen LogP contribution >= 0.6 is 57.4 Å². The lowest BCUT2D eigenvalue weighted by molar-refractivity contribution is 0.0747. The summed E-state index contributed by atoms with van der Waals surface area (Å²) in [4.78, 5) is 28.7. The molecule has 1 aromatic carbocycles. The molecule has 9 heteroatoms. The maximum Gasteiger partial charge on any atom is 0.414 e. The number of halogens is 4. The number of hydrogen-bond acceptors (Lipinski definition) is 3. The van der Waals surface area contributed by atoms with E-state index in [2.05, 4.69) is 22.6 Å². The zero-order chi connectivity index (χ0) is 17.5. The molecule has 1 atom stereocenters. The van der Waals surface area contributed by atoms with Crippen LogP contribution in [0.2, 0.25) is 0 Å². The van der Waals surface area contributed by atoms with Gasteiger partial charge in [0.1, 0.15) is 6.61 Å². The summed E-state index contributed by atoms with van der Waals surface area (Å²) in [7, 11) is 0. The maximum atomic E-state index is 12.8. The van der Waals surface area contributed by atoms with Crippen molar-refractivity contribution in [3.05, 3.63) is 27.3 Å². The van der Waals surface area contributed by atoms with Gasteiger partial charge in [0.25, 0.3) is 5.91 Å². The van der Waals surface area contributed by atoms with E-state index in [-0.39, 0.29) is 18.6 Å². The van der Waals surface area contributed by atoms with Gasteiger partial charge in [-0.3, -0.25) is 9.69 Å². The third-order valence-electron chi connectivity index (χ3n) is 4.09. The minimum absolute atomic E-state index is 0.0251. The van der Waals surface area contributed by atoms with Gasteiger partial charge in [0.2, 0.25) is 3.79 Å². The summed E-state index contributed by atoms with van der Waals surface area (Å²) in [5, 5.41) is 0. The molecule has 1 unspecified atom stereocenters. The van der Waals surface area contributed by atoms with Crippen molar-refractivity contribution < 1.29 is 14.3 Å². The van der Waals surface area contributed by atoms with Crippen molar-refractivity contribution in [3.8, 4) is 0 Å². The molecule has 0 aromatic heterocycles. The Labute approximate surface area is 168 Å². The van der Waals surface area contributed by atoms with Crippen LogP contribution in [0.15, 0.2) is 18.2 Å². The number of nitrogens with zero attached hydrogens (tertiary/aromatic N) is 2. The largest absolute Gasteiger partial charge is 0.445 e. The molecule has 0 aliphatic carbocycles. The van der Waals surface area contributed by atoms with Crippen molar-refractivity contribution in [1.29, 1.82) is 0 Å². The van der Waals surface area contributed by atoms with Crippen LogP contribution in [0.5, 0.6) is 0 Å². The highest BCUT2D eigenvalue weighted by molar-refractivity contribution is 14.1. The van der Waals surface area contributed by atoms with Crippen molar-refractivity contribution in [3.63, 3.8) is 0 Å². The zero-order valence-corrected chi connectivity index (χ0v) is 16.9. The molecule has 2 aliphatic rings. The highest BCUT2D eigenvalue weighted by atomic mass is 127. The fourth-order valence-electron chi connectivity index (χ4n) is 3.07. The first-order valence-electron chi connectivity index (χ1n) is 7.38. The van der Waals surface area contributed by atoms with Crippen molar-refractivity contribution in [2.45, 2.75) is 22.7 Å².